The zero-order valence-electron chi connectivity index (χ0n) is 16.6. The monoisotopic (exact) mass is 381 g/mol. The summed E-state index contributed by atoms with van der Waals surface area (Å²) in [5.74, 6) is 2.03. The molecule has 2 saturated carbocycles. The summed E-state index contributed by atoms with van der Waals surface area (Å²) in [4.78, 5) is 11.9. The molecule has 1 aliphatic heterocycles. The van der Waals surface area contributed by atoms with Crippen molar-refractivity contribution in [2.24, 2.45) is 5.92 Å². The molecule has 0 unspecified atom stereocenters. The maximum Gasteiger partial charge on any atom is 0.131 e. The standard InChI is InChI=1S/C22H31N5O/c28-21(17-7-8-17)20-11-19-15-26(9-4-10-27(19)25-20)14-16-12-23-22(24-13-16)18-5-2-1-3-6-18/h11-13,17-18,21,28H,1-10,14-15H2/t21-/m0/s1. The second-order valence-corrected chi connectivity index (χ2v) is 8.91. The summed E-state index contributed by atoms with van der Waals surface area (Å²) in [6.45, 7) is 3.72. The summed E-state index contributed by atoms with van der Waals surface area (Å²) in [5.41, 5.74) is 3.26. The van der Waals surface area contributed by atoms with Gasteiger partial charge in [-0.3, -0.25) is 9.58 Å². The zero-order chi connectivity index (χ0) is 18.9. The lowest BCUT2D eigenvalue weighted by Gasteiger charge is -2.21. The van der Waals surface area contributed by atoms with E-state index in [-0.39, 0.29) is 6.10 Å². The molecule has 2 aromatic rings. The second kappa shape index (κ2) is 7.91. The van der Waals surface area contributed by atoms with Gasteiger partial charge in [0.15, 0.2) is 0 Å². The maximum absolute atomic E-state index is 10.4. The minimum absolute atomic E-state index is 0.381. The summed E-state index contributed by atoms with van der Waals surface area (Å²) in [7, 11) is 0. The van der Waals surface area contributed by atoms with Crippen molar-refractivity contribution < 1.29 is 5.11 Å². The average molecular weight is 382 g/mol. The third-order valence-electron chi connectivity index (χ3n) is 6.59. The Labute approximate surface area is 167 Å². The highest BCUT2D eigenvalue weighted by atomic mass is 16.3. The van der Waals surface area contributed by atoms with Crippen LogP contribution in [0.25, 0.3) is 0 Å². The summed E-state index contributed by atoms with van der Waals surface area (Å²) >= 11 is 0. The molecule has 3 heterocycles. The van der Waals surface area contributed by atoms with Gasteiger partial charge in [-0.2, -0.15) is 5.10 Å². The van der Waals surface area contributed by atoms with E-state index in [2.05, 4.69) is 15.6 Å². The first kappa shape index (κ1) is 18.3. The molecule has 1 atom stereocenters. The Balaban J connectivity index is 1.24. The fourth-order valence-corrected chi connectivity index (χ4v) is 4.76. The van der Waals surface area contributed by atoms with E-state index in [0.29, 0.717) is 11.8 Å². The highest BCUT2D eigenvalue weighted by Gasteiger charge is 2.33. The van der Waals surface area contributed by atoms with Crippen LogP contribution in [0.4, 0.5) is 0 Å². The molecular formula is C22H31N5O. The first-order valence-corrected chi connectivity index (χ1v) is 11.0. The number of rotatable bonds is 5. The van der Waals surface area contributed by atoms with E-state index >= 15 is 0 Å². The van der Waals surface area contributed by atoms with Crippen molar-refractivity contribution in [3.8, 4) is 0 Å². The molecule has 28 heavy (non-hydrogen) atoms. The van der Waals surface area contributed by atoms with Crippen LogP contribution in [0, 0.1) is 5.92 Å². The van der Waals surface area contributed by atoms with Gasteiger partial charge >= 0.3 is 0 Å². The number of aromatic nitrogens is 4. The van der Waals surface area contributed by atoms with E-state index < -0.39 is 0 Å². The number of fused-ring (bicyclic) bond motifs is 1. The molecule has 0 bridgehead atoms. The van der Waals surface area contributed by atoms with Crippen molar-refractivity contribution in [1.82, 2.24) is 24.6 Å². The minimum Gasteiger partial charge on any atom is -0.386 e. The van der Waals surface area contributed by atoms with Crippen molar-refractivity contribution in [2.45, 2.75) is 83.0 Å². The van der Waals surface area contributed by atoms with Gasteiger partial charge < -0.3 is 5.11 Å². The Kier molecular flexibility index (Phi) is 5.16. The molecule has 0 amide bonds. The fraction of sp³-hybridized carbons (Fsp3) is 0.682. The van der Waals surface area contributed by atoms with Crippen molar-refractivity contribution in [3.05, 3.63) is 41.2 Å². The Morgan fingerprint density at radius 1 is 1.00 bits per heavy atom. The first-order chi connectivity index (χ1) is 13.8. The molecule has 0 radical (unpaired) electrons. The Bertz CT molecular complexity index is 792. The molecular weight excluding hydrogens is 350 g/mol. The number of nitrogens with zero attached hydrogens (tertiary/aromatic N) is 5. The van der Waals surface area contributed by atoms with Crippen LogP contribution < -0.4 is 0 Å². The number of aliphatic hydroxyl groups excluding tert-OH is 1. The molecule has 0 saturated heterocycles. The van der Waals surface area contributed by atoms with E-state index in [9.17, 15) is 5.11 Å². The fourth-order valence-electron chi connectivity index (χ4n) is 4.76. The van der Waals surface area contributed by atoms with Gasteiger partial charge in [0.25, 0.3) is 0 Å². The van der Waals surface area contributed by atoms with Crippen LogP contribution in [0.1, 0.15) is 86.2 Å². The van der Waals surface area contributed by atoms with Crippen molar-refractivity contribution in [1.29, 1.82) is 0 Å². The summed E-state index contributed by atoms with van der Waals surface area (Å²) < 4.78 is 2.10. The lowest BCUT2D eigenvalue weighted by atomic mass is 9.89. The van der Waals surface area contributed by atoms with E-state index in [1.165, 1.54) is 43.4 Å². The molecule has 6 nitrogen and oxygen atoms in total. The SMILES string of the molecule is O[C@H](c1cc2n(n1)CCCN(Cc1cnc(C3CCCCC3)nc1)C2)C1CC1. The van der Waals surface area contributed by atoms with E-state index in [4.69, 9.17) is 15.1 Å². The minimum atomic E-state index is -0.381. The van der Waals surface area contributed by atoms with Crippen LogP contribution >= 0.6 is 0 Å². The molecule has 2 fully saturated rings. The van der Waals surface area contributed by atoms with Crippen molar-refractivity contribution in [2.75, 3.05) is 6.54 Å². The van der Waals surface area contributed by atoms with Crippen LogP contribution in [0.3, 0.4) is 0 Å². The molecule has 150 valence electrons. The average Bonchev–Trinajstić information content (AvgIpc) is 3.53. The second-order valence-electron chi connectivity index (χ2n) is 8.91. The lowest BCUT2D eigenvalue weighted by molar-refractivity contribution is 0.148. The van der Waals surface area contributed by atoms with Gasteiger partial charge in [-0.25, -0.2) is 9.97 Å². The third kappa shape index (κ3) is 3.98. The molecule has 2 aliphatic carbocycles. The number of hydrogen-bond donors (Lipinski definition) is 1. The highest BCUT2D eigenvalue weighted by Crippen LogP contribution is 2.40. The molecule has 1 N–H and O–H groups in total. The van der Waals surface area contributed by atoms with Gasteiger partial charge in [-0.05, 0) is 44.1 Å². The predicted octanol–water partition coefficient (Wildman–Crippen LogP) is 3.57. The molecule has 5 rings (SSSR count). The topological polar surface area (TPSA) is 67.1 Å². The summed E-state index contributed by atoms with van der Waals surface area (Å²) in [6, 6.07) is 2.12. The molecule has 6 heteroatoms. The number of aryl methyl sites for hydroxylation is 1. The smallest absolute Gasteiger partial charge is 0.131 e. The lowest BCUT2D eigenvalue weighted by Crippen LogP contribution is -2.23. The Morgan fingerprint density at radius 3 is 2.54 bits per heavy atom. The molecule has 2 aromatic heterocycles. The van der Waals surface area contributed by atoms with Crippen LogP contribution in [-0.4, -0.2) is 36.3 Å². The van der Waals surface area contributed by atoms with Crippen molar-refractivity contribution in [3.63, 3.8) is 0 Å². The van der Waals surface area contributed by atoms with Gasteiger partial charge in [0, 0.05) is 50.1 Å². The van der Waals surface area contributed by atoms with E-state index in [1.807, 2.05) is 12.4 Å². The number of aliphatic hydroxyl groups is 1. The van der Waals surface area contributed by atoms with Gasteiger partial charge in [0.05, 0.1) is 11.4 Å². The molecule has 3 aliphatic rings. The largest absolute Gasteiger partial charge is 0.386 e. The van der Waals surface area contributed by atoms with E-state index in [1.54, 1.807) is 0 Å². The summed E-state index contributed by atoms with van der Waals surface area (Å²) in [6.07, 6.45) is 13.5. The van der Waals surface area contributed by atoms with Gasteiger partial charge in [-0.1, -0.05) is 19.3 Å². The Morgan fingerprint density at radius 2 is 1.79 bits per heavy atom. The van der Waals surface area contributed by atoms with Gasteiger partial charge in [0.1, 0.15) is 11.9 Å². The molecule has 0 aromatic carbocycles. The normalized spacial score (nSPS) is 22.6. The predicted molar refractivity (Wildman–Crippen MR) is 106 cm³/mol. The quantitative estimate of drug-likeness (QED) is 0.858. The maximum atomic E-state index is 10.4. The number of hydrogen-bond acceptors (Lipinski definition) is 5. The Hall–Kier alpha value is -1.79. The highest BCUT2D eigenvalue weighted by molar-refractivity contribution is 5.16. The third-order valence-corrected chi connectivity index (χ3v) is 6.59. The van der Waals surface area contributed by atoms with Gasteiger partial charge in [0.2, 0.25) is 0 Å². The first-order valence-electron chi connectivity index (χ1n) is 11.0. The van der Waals surface area contributed by atoms with Crippen LogP contribution in [-0.2, 0) is 19.6 Å². The summed E-state index contributed by atoms with van der Waals surface area (Å²) in [5, 5.41) is 15.1. The zero-order valence-corrected chi connectivity index (χ0v) is 16.6. The molecule has 0 spiro atoms. The van der Waals surface area contributed by atoms with E-state index in [0.717, 1.165) is 57.0 Å². The van der Waals surface area contributed by atoms with Crippen LogP contribution in [0.5, 0.6) is 0 Å². The van der Waals surface area contributed by atoms with Crippen LogP contribution in [0.15, 0.2) is 18.5 Å². The van der Waals surface area contributed by atoms with Crippen molar-refractivity contribution >= 4 is 0 Å². The van der Waals surface area contributed by atoms with Gasteiger partial charge in [-0.15, -0.1) is 0 Å². The van der Waals surface area contributed by atoms with Crippen LogP contribution in [0.2, 0.25) is 0 Å².